The molecule has 0 saturated carbocycles. The molecule has 0 spiro atoms. The normalized spacial score (nSPS) is 16.4. The van der Waals surface area contributed by atoms with E-state index in [1.807, 2.05) is 34.0 Å². The molecule has 3 heteroatoms. The molecule has 0 N–H and O–H groups in total. The second-order valence-corrected chi connectivity index (χ2v) is 4.60. The fourth-order valence-corrected chi connectivity index (χ4v) is 3.20. The number of fused-ring (bicyclic) bond motifs is 1. The predicted molar refractivity (Wildman–Crippen MR) is 46.3 cm³/mol. The molecule has 2 rings (SSSR count). The molecule has 0 atom stereocenters. The van der Waals surface area contributed by atoms with E-state index in [9.17, 15) is 0 Å². The van der Waals surface area contributed by atoms with Crippen LogP contribution in [0.2, 0.25) is 0 Å². The van der Waals surface area contributed by atoms with Crippen molar-refractivity contribution in [2.75, 3.05) is 5.75 Å². The largest absolute Gasteiger partial charge is 0.264 e. The summed E-state index contributed by atoms with van der Waals surface area (Å²) in [6.07, 6.45) is 5.01. The summed E-state index contributed by atoms with van der Waals surface area (Å²) in [7, 11) is 3.79. The van der Waals surface area contributed by atoms with Gasteiger partial charge in [-0.05, 0) is 18.1 Å². The van der Waals surface area contributed by atoms with E-state index in [-0.39, 0.29) is 0 Å². The monoisotopic (exact) mass is 169 g/mol. The Labute approximate surface area is 68.0 Å². The maximum Gasteiger partial charge on any atom is 0.0311 e. The topological polar surface area (TPSA) is 12.9 Å². The minimum Gasteiger partial charge on any atom is -0.264 e. The van der Waals surface area contributed by atoms with Gasteiger partial charge in [0.15, 0.2) is 0 Å². The molecule has 0 bridgehead atoms. The summed E-state index contributed by atoms with van der Waals surface area (Å²) in [6.45, 7) is 0. The fourth-order valence-electron chi connectivity index (χ4n) is 0.940. The summed E-state index contributed by atoms with van der Waals surface area (Å²) in [6, 6.07) is 2.09. The molecular formula is C7H7NS2. The first-order valence-corrected chi connectivity index (χ1v) is 5.51. The SMILES string of the molecule is c1cc2c(cn1)CCSS2. The third-order valence-corrected chi connectivity index (χ3v) is 3.92. The first-order chi connectivity index (χ1) is 4.97. The molecule has 1 aliphatic heterocycles. The van der Waals surface area contributed by atoms with Gasteiger partial charge in [-0.1, -0.05) is 21.6 Å². The first-order valence-electron chi connectivity index (χ1n) is 3.19. The highest BCUT2D eigenvalue weighted by atomic mass is 33.1. The Morgan fingerprint density at radius 2 is 2.50 bits per heavy atom. The molecular weight excluding hydrogens is 162 g/mol. The van der Waals surface area contributed by atoms with Crippen LogP contribution in [0, 0.1) is 0 Å². The molecule has 1 aromatic heterocycles. The van der Waals surface area contributed by atoms with Gasteiger partial charge in [-0.25, -0.2) is 0 Å². The van der Waals surface area contributed by atoms with Crippen LogP contribution in [0.25, 0.3) is 0 Å². The van der Waals surface area contributed by atoms with E-state index in [1.165, 1.54) is 22.6 Å². The molecule has 0 radical (unpaired) electrons. The minimum atomic E-state index is 1.18. The summed E-state index contributed by atoms with van der Waals surface area (Å²) in [5.74, 6) is 1.23. The lowest BCUT2D eigenvalue weighted by Gasteiger charge is -2.11. The van der Waals surface area contributed by atoms with Crippen molar-refractivity contribution in [3.05, 3.63) is 24.0 Å². The maximum atomic E-state index is 4.08. The number of rotatable bonds is 0. The van der Waals surface area contributed by atoms with Crippen molar-refractivity contribution in [3.63, 3.8) is 0 Å². The van der Waals surface area contributed by atoms with Gasteiger partial charge in [0.25, 0.3) is 0 Å². The Hall–Kier alpha value is -0.150. The summed E-state index contributed by atoms with van der Waals surface area (Å²) in [4.78, 5) is 5.47. The zero-order valence-electron chi connectivity index (χ0n) is 5.41. The van der Waals surface area contributed by atoms with Gasteiger partial charge in [-0.15, -0.1) is 0 Å². The number of hydrogen-bond acceptors (Lipinski definition) is 3. The third kappa shape index (κ3) is 1.16. The van der Waals surface area contributed by atoms with Crippen LogP contribution < -0.4 is 0 Å². The van der Waals surface area contributed by atoms with Crippen molar-refractivity contribution in [3.8, 4) is 0 Å². The van der Waals surface area contributed by atoms with Crippen LogP contribution in [-0.4, -0.2) is 10.7 Å². The van der Waals surface area contributed by atoms with E-state index < -0.39 is 0 Å². The Balaban J connectivity index is 2.41. The molecule has 0 aromatic carbocycles. The number of hydrogen-bond donors (Lipinski definition) is 0. The number of nitrogens with zero attached hydrogens (tertiary/aromatic N) is 1. The highest BCUT2D eigenvalue weighted by Crippen LogP contribution is 2.37. The molecule has 52 valence electrons. The number of aromatic nitrogens is 1. The van der Waals surface area contributed by atoms with E-state index in [1.54, 1.807) is 0 Å². The quantitative estimate of drug-likeness (QED) is 0.553. The van der Waals surface area contributed by atoms with E-state index in [0.29, 0.717) is 0 Å². The van der Waals surface area contributed by atoms with Gasteiger partial charge in [0.05, 0.1) is 0 Å². The Morgan fingerprint density at radius 3 is 3.40 bits per heavy atom. The van der Waals surface area contributed by atoms with Gasteiger partial charge >= 0.3 is 0 Å². The van der Waals surface area contributed by atoms with Gasteiger partial charge in [-0.3, -0.25) is 4.98 Å². The van der Waals surface area contributed by atoms with E-state index in [0.717, 1.165) is 0 Å². The van der Waals surface area contributed by atoms with E-state index in [4.69, 9.17) is 0 Å². The summed E-state index contributed by atoms with van der Waals surface area (Å²) >= 11 is 0. The fraction of sp³-hybridized carbons (Fsp3) is 0.286. The Morgan fingerprint density at radius 1 is 1.50 bits per heavy atom. The van der Waals surface area contributed by atoms with E-state index in [2.05, 4.69) is 11.1 Å². The first kappa shape index (κ1) is 6.55. The van der Waals surface area contributed by atoms with Gasteiger partial charge in [0.2, 0.25) is 0 Å². The molecule has 10 heavy (non-hydrogen) atoms. The molecule has 0 saturated heterocycles. The molecule has 0 amide bonds. The molecule has 1 aliphatic rings. The van der Waals surface area contributed by atoms with Gasteiger partial charge in [0, 0.05) is 23.0 Å². The lowest BCUT2D eigenvalue weighted by atomic mass is 10.2. The third-order valence-electron chi connectivity index (χ3n) is 1.46. The Bertz CT molecular complexity index is 212. The van der Waals surface area contributed by atoms with Gasteiger partial charge in [0.1, 0.15) is 0 Å². The summed E-state index contributed by atoms with van der Waals surface area (Å²) in [5, 5.41) is 0. The van der Waals surface area contributed by atoms with Crippen molar-refractivity contribution in [2.45, 2.75) is 11.3 Å². The summed E-state index contributed by atoms with van der Waals surface area (Å²) < 4.78 is 0. The lowest BCUT2D eigenvalue weighted by Crippen LogP contribution is -1.95. The van der Waals surface area contributed by atoms with Crippen LogP contribution in [0.4, 0.5) is 0 Å². The van der Waals surface area contributed by atoms with Crippen molar-refractivity contribution >= 4 is 21.6 Å². The molecule has 1 aromatic rings. The van der Waals surface area contributed by atoms with E-state index >= 15 is 0 Å². The van der Waals surface area contributed by atoms with Crippen molar-refractivity contribution in [1.29, 1.82) is 0 Å². The molecule has 1 nitrogen and oxygen atoms in total. The van der Waals surface area contributed by atoms with Crippen LogP contribution in [0.5, 0.6) is 0 Å². The molecule has 0 aliphatic carbocycles. The molecule has 0 fully saturated rings. The van der Waals surface area contributed by atoms with Crippen LogP contribution >= 0.6 is 21.6 Å². The number of aryl methyl sites for hydroxylation is 1. The minimum absolute atomic E-state index is 1.18. The highest BCUT2D eigenvalue weighted by Gasteiger charge is 2.08. The van der Waals surface area contributed by atoms with Crippen molar-refractivity contribution < 1.29 is 0 Å². The van der Waals surface area contributed by atoms with Gasteiger partial charge < -0.3 is 0 Å². The summed E-state index contributed by atoms with van der Waals surface area (Å²) in [5.41, 5.74) is 1.41. The lowest BCUT2D eigenvalue weighted by molar-refractivity contribution is 1.05. The molecule has 0 unspecified atom stereocenters. The van der Waals surface area contributed by atoms with Crippen LogP contribution in [0.3, 0.4) is 0 Å². The average molecular weight is 169 g/mol. The van der Waals surface area contributed by atoms with Crippen molar-refractivity contribution in [2.24, 2.45) is 0 Å². The Kier molecular flexibility index (Phi) is 1.86. The zero-order valence-corrected chi connectivity index (χ0v) is 7.04. The highest BCUT2D eigenvalue weighted by molar-refractivity contribution is 8.76. The second kappa shape index (κ2) is 2.84. The second-order valence-electron chi connectivity index (χ2n) is 2.14. The van der Waals surface area contributed by atoms with Crippen molar-refractivity contribution in [1.82, 2.24) is 4.98 Å². The van der Waals surface area contributed by atoms with Crippen LogP contribution in [-0.2, 0) is 6.42 Å². The molecule has 2 heterocycles. The van der Waals surface area contributed by atoms with Crippen LogP contribution in [0.15, 0.2) is 23.4 Å². The smallest absolute Gasteiger partial charge is 0.0311 e. The van der Waals surface area contributed by atoms with Gasteiger partial charge in [-0.2, -0.15) is 0 Å². The predicted octanol–water partition coefficient (Wildman–Crippen LogP) is 2.38. The average Bonchev–Trinajstić information content (AvgIpc) is 2.05. The zero-order chi connectivity index (χ0) is 6.81. The standard InChI is InChI=1S/C7H7NS2/c1-3-8-5-6-2-4-9-10-7(1)6/h1,3,5H,2,4H2. The number of pyridine rings is 1. The van der Waals surface area contributed by atoms with Crippen LogP contribution in [0.1, 0.15) is 5.56 Å². The maximum absolute atomic E-state index is 4.08.